The Morgan fingerprint density at radius 3 is 2.48 bits per heavy atom. The van der Waals surface area contributed by atoms with Crippen LogP contribution in [0.5, 0.6) is 0 Å². The average Bonchev–Trinajstić information content (AvgIpc) is 3.08. The van der Waals surface area contributed by atoms with Crippen LogP contribution >= 0.6 is 11.6 Å². The van der Waals surface area contributed by atoms with Crippen LogP contribution in [0.1, 0.15) is 45.4 Å². The predicted octanol–water partition coefficient (Wildman–Crippen LogP) is 3.93. The van der Waals surface area contributed by atoms with Gasteiger partial charge in [-0.1, -0.05) is 41.4 Å². The number of anilines is 1. The Hall–Kier alpha value is -3.19. The van der Waals surface area contributed by atoms with Gasteiger partial charge in [0, 0.05) is 11.6 Å². The van der Waals surface area contributed by atoms with Crippen LogP contribution in [-0.4, -0.2) is 33.4 Å². The van der Waals surface area contributed by atoms with Crippen LogP contribution in [0.2, 0.25) is 5.02 Å². The minimum absolute atomic E-state index is 0.172. The molecule has 1 heterocycles. The molecule has 2 aromatic carbocycles. The molecule has 7 nitrogen and oxygen atoms in total. The number of nitrogens with one attached hydrogen (secondary N) is 2. The molecule has 8 heteroatoms. The van der Waals surface area contributed by atoms with Crippen molar-refractivity contribution in [3.63, 3.8) is 0 Å². The second-order valence-electron chi connectivity index (χ2n) is 6.67. The van der Waals surface area contributed by atoms with Gasteiger partial charge in [0.25, 0.3) is 11.8 Å². The highest BCUT2D eigenvalue weighted by atomic mass is 35.5. The third-order valence-corrected chi connectivity index (χ3v) is 4.63. The molecule has 0 aliphatic heterocycles. The van der Waals surface area contributed by atoms with Crippen molar-refractivity contribution in [2.75, 3.05) is 11.9 Å². The fourth-order valence-electron chi connectivity index (χ4n) is 2.80. The van der Waals surface area contributed by atoms with Crippen molar-refractivity contribution >= 4 is 29.1 Å². The third kappa shape index (κ3) is 4.63. The van der Waals surface area contributed by atoms with Gasteiger partial charge in [0.1, 0.15) is 0 Å². The van der Waals surface area contributed by atoms with Crippen LogP contribution in [0.3, 0.4) is 0 Å². The number of nitrogens with zero attached hydrogens (tertiary/aromatic N) is 3. The predicted molar refractivity (Wildman–Crippen MR) is 113 cm³/mol. The molecule has 0 fully saturated rings. The number of carbonyl (C=O) groups excluding carboxylic acids is 2. The van der Waals surface area contributed by atoms with E-state index >= 15 is 0 Å². The largest absolute Gasteiger partial charge is 0.352 e. The van der Waals surface area contributed by atoms with Crippen molar-refractivity contribution in [1.29, 1.82) is 0 Å². The number of benzene rings is 2. The molecule has 0 spiro atoms. The van der Waals surface area contributed by atoms with Gasteiger partial charge in [-0.05, 0) is 50.6 Å². The quantitative estimate of drug-likeness (QED) is 0.643. The molecule has 0 radical (unpaired) electrons. The van der Waals surface area contributed by atoms with E-state index in [1.165, 1.54) is 0 Å². The molecular formula is C21H22ClN5O2. The van der Waals surface area contributed by atoms with E-state index in [9.17, 15) is 9.59 Å². The van der Waals surface area contributed by atoms with Gasteiger partial charge < -0.3 is 10.6 Å². The van der Waals surface area contributed by atoms with Gasteiger partial charge in [-0.2, -0.15) is 0 Å². The number of amides is 2. The Balaban J connectivity index is 1.87. The van der Waals surface area contributed by atoms with E-state index in [1.807, 2.05) is 38.1 Å². The fraction of sp³-hybridized carbons (Fsp3) is 0.238. The van der Waals surface area contributed by atoms with Crippen molar-refractivity contribution in [1.82, 2.24) is 20.3 Å². The third-order valence-electron chi connectivity index (χ3n) is 4.40. The van der Waals surface area contributed by atoms with Crippen LogP contribution in [0.25, 0.3) is 5.69 Å². The first-order valence-electron chi connectivity index (χ1n) is 9.29. The van der Waals surface area contributed by atoms with E-state index < -0.39 is 5.91 Å². The van der Waals surface area contributed by atoms with Gasteiger partial charge in [0.15, 0.2) is 5.69 Å². The molecule has 3 aromatic rings. The average molecular weight is 412 g/mol. The van der Waals surface area contributed by atoms with Crippen molar-refractivity contribution in [2.24, 2.45) is 0 Å². The summed E-state index contributed by atoms with van der Waals surface area (Å²) in [6, 6.07) is 12.5. The molecule has 0 atom stereocenters. The molecule has 0 aliphatic rings. The van der Waals surface area contributed by atoms with Crippen molar-refractivity contribution in [3.05, 3.63) is 70.0 Å². The molecule has 29 heavy (non-hydrogen) atoms. The monoisotopic (exact) mass is 411 g/mol. The summed E-state index contributed by atoms with van der Waals surface area (Å²) in [5, 5.41) is 14.1. The van der Waals surface area contributed by atoms with Gasteiger partial charge in [-0.15, -0.1) is 5.10 Å². The molecule has 3 rings (SSSR count). The molecule has 2 amide bonds. The zero-order chi connectivity index (χ0) is 21.0. The Kier molecular flexibility index (Phi) is 6.29. The number of rotatable bonds is 6. The SMILES string of the molecule is CCCNC(=O)c1ccc(Cl)cc1NC(=O)c1nnn(-c2ccc(C)cc2)c1C. The summed E-state index contributed by atoms with van der Waals surface area (Å²) in [6.45, 7) is 6.27. The van der Waals surface area contributed by atoms with Gasteiger partial charge in [-0.3, -0.25) is 9.59 Å². The number of aromatic nitrogens is 3. The fourth-order valence-corrected chi connectivity index (χ4v) is 2.98. The molecule has 2 N–H and O–H groups in total. The van der Waals surface area contributed by atoms with E-state index in [0.29, 0.717) is 28.5 Å². The van der Waals surface area contributed by atoms with Crippen LogP contribution in [0, 0.1) is 13.8 Å². The van der Waals surface area contributed by atoms with Crippen LogP contribution in [-0.2, 0) is 0 Å². The molecule has 1 aromatic heterocycles. The molecule has 0 saturated heterocycles. The maximum absolute atomic E-state index is 12.8. The van der Waals surface area contributed by atoms with E-state index in [0.717, 1.165) is 17.7 Å². The van der Waals surface area contributed by atoms with E-state index in [-0.39, 0.29) is 11.6 Å². The second kappa shape index (κ2) is 8.87. The second-order valence-corrected chi connectivity index (χ2v) is 7.11. The maximum atomic E-state index is 12.8. The Labute approximate surface area is 174 Å². The van der Waals surface area contributed by atoms with Crippen LogP contribution < -0.4 is 10.6 Å². The normalized spacial score (nSPS) is 10.6. The van der Waals surface area contributed by atoms with Crippen molar-refractivity contribution < 1.29 is 9.59 Å². The van der Waals surface area contributed by atoms with Gasteiger partial charge in [-0.25, -0.2) is 4.68 Å². The highest BCUT2D eigenvalue weighted by molar-refractivity contribution is 6.31. The molecule has 0 saturated carbocycles. The highest BCUT2D eigenvalue weighted by Crippen LogP contribution is 2.22. The van der Waals surface area contributed by atoms with Gasteiger partial charge >= 0.3 is 0 Å². The molecular weight excluding hydrogens is 390 g/mol. The lowest BCUT2D eigenvalue weighted by molar-refractivity contribution is 0.0954. The first-order chi connectivity index (χ1) is 13.9. The summed E-state index contributed by atoms with van der Waals surface area (Å²) >= 11 is 6.07. The van der Waals surface area contributed by atoms with Crippen molar-refractivity contribution in [2.45, 2.75) is 27.2 Å². The van der Waals surface area contributed by atoms with Gasteiger partial charge in [0.2, 0.25) is 0 Å². The lowest BCUT2D eigenvalue weighted by atomic mass is 10.1. The first kappa shape index (κ1) is 20.5. The van der Waals surface area contributed by atoms with Crippen molar-refractivity contribution in [3.8, 4) is 5.69 Å². The Morgan fingerprint density at radius 1 is 1.07 bits per heavy atom. The van der Waals surface area contributed by atoms with Gasteiger partial charge in [0.05, 0.1) is 22.6 Å². The van der Waals surface area contributed by atoms with E-state index in [1.54, 1.807) is 29.8 Å². The minimum Gasteiger partial charge on any atom is -0.352 e. The summed E-state index contributed by atoms with van der Waals surface area (Å²) in [5.41, 5.74) is 3.34. The van der Waals surface area contributed by atoms with Crippen LogP contribution in [0.15, 0.2) is 42.5 Å². The summed E-state index contributed by atoms with van der Waals surface area (Å²) < 4.78 is 1.60. The molecule has 0 bridgehead atoms. The molecule has 0 aliphatic carbocycles. The summed E-state index contributed by atoms with van der Waals surface area (Å²) in [6.07, 6.45) is 0.808. The summed E-state index contributed by atoms with van der Waals surface area (Å²) in [7, 11) is 0. The first-order valence-corrected chi connectivity index (χ1v) is 9.67. The van der Waals surface area contributed by atoms with Crippen LogP contribution in [0.4, 0.5) is 5.69 Å². The summed E-state index contributed by atoms with van der Waals surface area (Å²) in [4.78, 5) is 25.2. The zero-order valence-electron chi connectivity index (χ0n) is 16.5. The lowest BCUT2D eigenvalue weighted by Crippen LogP contribution is -2.26. The number of carbonyl (C=O) groups is 2. The number of hydrogen-bond acceptors (Lipinski definition) is 4. The minimum atomic E-state index is -0.465. The maximum Gasteiger partial charge on any atom is 0.278 e. The summed E-state index contributed by atoms with van der Waals surface area (Å²) in [5.74, 6) is -0.744. The smallest absolute Gasteiger partial charge is 0.278 e. The van der Waals surface area contributed by atoms with E-state index in [4.69, 9.17) is 11.6 Å². The molecule has 150 valence electrons. The lowest BCUT2D eigenvalue weighted by Gasteiger charge is -2.11. The van der Waals surface area contributed by atoms with E-state index in [2.05, 4.69) is 20.9 Å². The number of aryl methyl sites for hydroxylation is 1. The number of hydrogen-bond donors (Lipinski definition) is 2. The standard InChI is InChI=1S/C21H22ClN5O2/c1-4-11-23-20(28)17-10-7-15(22)12-18(17)24-21(29)19-14(3)27(26-25-19)16-8-5-13(2)6-9-16/h5-10,12H,4,11H2,1-3H3,(H,23,28)(H,24,29). The topological polar surface area (TPSA) is 88.9 Å². The highest BCUT2D eigenvalue weighted by Gasteiger charge is 2.20. The Morgan fingerprint density at radius 2 is 1.79 bits per heavy atom. The zero-order valence-corrected chi connectivity index (χ0v) is 17.2. The number of halogens is 1. The molecule has 0 unspecified atom stereocenters. The Bertz CT molecular complexity index is 1040.